The van der Waals surface area contributed by atoms with E-state index in [1.54, 1.807) is 0 Å². The van der Waals surface area contributed by atoms with Crippen LogP contribution in [-0.2, 0) is 4.74 Å². The van der Waals surface area contributed by atoms with Gasteiger partial charge in [0.15, 0.2) is 5.11 Å². The van der Waals surface area contributed by atoms with Crippen LogP contribution in [0.1, 0.15) is 31.9 Å². The van der Waals surface area contributed by atoms with Gasteiger partial charge in [-0.2, -0.15) is 0 Å². The van der Waals surface area contributed by atoms with Crippen LogP contribution < -0.4 is 10.6 Å². The van der Waals surface area contributed by atoms with Crippen molar-refractivity contribution in [3.63, 3.8) is 0 Å². The number of thiophene rings is 1. The third-order valence-electron chi connectivity index (χ3n) is 3.64. The molecule has 0 atom stereocenters. The lowest BCUT2D eigenvalue weighted by atomic mass is 10.1. The molecule has 0 aliphatic heterocycles. The molecule has 2 N–H and O–H groups in total. The van der Waals surface area contributed by atoms with Crippen molar-refractivity contribution in [2.75, 3.05) is 17.7 Å². The monoisotopic (exact) mass is 348 g/mol. The van der Waals surface area contributed by atoms with E-state index in [-0.39, 0.29) is 5.97 Å². The van der Waals surface area contributed by atoms with E-state index in [1.807, 2.05) is 39.8 Å². The Morgan fingerprint density at radius 2 is 1.87 bits per heavy atom. The molecular weight excluding hydrogens is 328 g/mol. The third-order valence-corrected chi connectivity index (χ3v) is 4.97. The summed E-state index contributed by atoms with van der Waals surface area (Å²) in [5.74, 6) is -0.358. The molecule has 0 spiro atoms. The van der Waals surface area contributed by atoms with Gasteiger partial charge in [-0.05, 0) is 62.7 Å². The number of hydrogen-bond acceptors (Lipinski definition) is 4. The molecule has 0 unspecified atom stereocenters. The van der Waals surface area contributed by atoms with Gasteiger partial charge in [0.05, 0.1) is 12.7 Å². The molecule has 0 saturated heterocycles. The fourth-order valence-electron chi connectivity index (χ4n) is 2.19. The number of nitrogens with one attached hydrogen (secondary N) is 2. The number of benzene rings is 1. The number of anilines is 2. The minimum absolute atomic E-state index is 0.358. The van der Waals surface area contributed by atoms with Gasteiger partial charge in [-0.1, -0.05) is 12.1 Å². The zero-order chi connectivity index (χ0) is 17.1. The zero-order valence-electron chi connectivity index (χ0n) is 13.9. The van der Waals surface area contributed by atoms with Crippen LogP contribution in [0.5, 0.6) is 0 Å². The molecule has 0 aliphatic carbocycles. The lowest BCUT2D eigenvalue weighted by Gasteiger charge is -2.13. The van der Waals surface area contributed by atoms with Crippen molar-refractivity contribution in [3.05, 3.63) is 45.3 Å². The summed E-state index contributed by atoms with van der Waals surface area (Å²) in [6.45, 7) is 7.93. The van der Waals surface area contributed by atoms with Crippen molar-refractivity contribution in [3.8, 4) is 0 Å². The van der Waals surface area contributed by atoms with E-state index in [9.17, 15) is 4.79 Å². The fraction of sp³-hybridized carbons (Fsp3) is 0.294. The molecule has 1 aromatic carbocycles. The van der Waals surface area contributed by atoms with Crippen LogP contribution in [0.4, 0.5) is 10.7 Å². The van der Waals surface area contributed by atoms with Gasteiger partial charge in [-0.3, -0.25) is 0 Å². The molecule has 4 nitrogen and oxygen atoms in total. The molecule has 23 heavy (non-hydrogen) atoms. The van der Waals surface area contributed by atoms with Gasteiger partial charge < -0.3 is 15.4 Å². The van der Waals surface area contributed by atoms with E-state index < -0.39 is 0 Å². The fourth-order valence-corrected chi connectivity index (χ4v) is 3.52. The Kier molecular flexibility index (Phi) is 5.38. The van der Waals surface area contributed by atoms with E-state index in [2.05, 4.69) is 16.7 Å². The number of hydrogen-bond donors (Lipinski definition) is 2. The number of carbonyl (C=O) groups is 1. The summed E-state index contributed by atoms with van der Waals surface area (Å²) >= 11 is 6.88. The highest BCUT2D eigenvalue weighted by molar-refractivity contribution is 7.80. The summed E-state index contributed by atoms with van der Waals surface area (Å²) in [7, 11) is 1.38. The molecule has 0 fully saturated rings. The van der Waals surface area contributed by atoms with Crippen molar-refractivity contribution in [1.29, 1.82) is 0 Å². The van der Waals surface area contributed by atoms with E-state index in [0.29, 0.717) is 15.7 Å². The van der Waals surface area contributed by atoms with E-state index in [1.165, 1.54) is 18.4 Å². The average molecular weight is 348 g/mol. The van der Waals surface area contributed by atoms with Crippen molar-refractivity contribution in [1.82, 2.24) is 0 Å². The minimum Gasteiger partial charge on any atom is -0.465 e. The van der Waals surface area contributed by atoms with Crippen molar-refractivity contribution in [2.45, 2.75) is 27.7 Å². The standard InChI is InChI=1S/C17H20N2O2S2/c1-9-6-7-10(2)13(8-9)18-17(22)19-15-14(16(20)21-5)11(3)12(4)23-15/h6-8H,1-5H3,(H2,18,19,22). The number of carbonyl (C=O) groups excluding carboxylic acids is 1. The van der Waals surface area contributed by atoms with Crippen LogP contribution in [-0.4, -0.2) is 18.2 Å². The first kappa shape index (κ1) is 17.4. The lowest BCUT2D eigenvalue weighted by molar-refractivity contribution is 0.0601. The summed E-state index contributed by atoms with van der Waals surface area (Å²) in [6.07, 6.45) is 0. The summed E-state index contributed by atoms with van der Waals surface area (Å²) in [5, 5.41) is 7.46. The van der Waals surface area contributed by atoms with Crippen molar-refractivity contribution in [2.24, 2.45) is 0 Å². The van der Waals surface area contributed by atoms with Crippen LogP contribution in [0.2, 0.25) is 0 Å². The predicted octanol–water partition coefficient (Wildman–Crippen LogP) is 4.58. The van der Waals surface area contributed by atoms with Crippen LogP contribution >= 0.6 is 23.6 Å². The topological polar surface area (TPSA) is 50.4 Å². The quantitative estimate of drug-likeness (QED) is 0.628. The van der Waals surface area contributed by atoms with Gasteiger partial charge in [-0.15, -0.1) is 11.3 Å². The molecule has 122 valence electrons. The zero-order valence-corrected chi connectivity index (χ0v) is 15.5. The van der Waals surface area contributed by atoms with Crippen molar-refractivity contribution >= 4 is 45.3 Å². The van der Waals surface area contributed by atoms with E-state index in [0.717, 1.165) is 27.3 Å². The SMILES string of the molecule is COC(=O)c1c(NC(=S)Nc2cc(C)ccc2C)sc(C)c1C. The maximum atomic E-state index is 12.0. The normalized spacial score (nSPS) is 10.3. The highest BCUT2D eigenvalue weighted by Crippen LogP contribution is 2.33. The summed E-state index contributed by atoms with van der Waals surface area (Å²) in [4.78, 5) is 13.0. The Balaban J connectivity index is 2.22. The molecule has 2 aromatic rings. The van der Waals surface area contributed by atoms with Gasteiger partial charge in [0, 0.05) is 10.6 Å². The number of rotatable bonds is 3. The molecule has 6 heteroatoms. The molecule has 0 radical (unpaired) electrons. The minimum atomic E-state index is -0.358. The summed E-state index contributed by atoms with van der Waals surface area (Å²) in [5.41, 5.74) is 4.66. The van der Waals surface area contributed by atoms with E-state index >= 15 is 0 Å². The Morgan fingerprint density at radius 1 is 1.17 bits per heavy atom. The second-order valence-electron chi connectivity index (χ2n) is 5.38. The van der Waals surface area contributed by atoms with Gasteiger partial charge in [0.2, 0.25) is 0 Å². The second kappa shape index (κ2) is 7.10. The van der Waals surface area contributed by atoms with Gasteiger partial charge in [-0.25, -0.2) is 4.79 Å². The van der Waals surface area contributed by atoms with Crippen LogP contribution in [0, 0.1) is 27.7 Å². The highest BCUT2D eigenvalue weighted by atomic mass is 32.1. The number of ether oxygens (including phenoxy) is 1. The van der Waals surface area contributed by atoms with Gasteiger partial charge >= 0.3 is 5.97 Å². The summed E-state index contributed by atoms with van der Waals surface area (Å²) in [6, 6.07) is 6.13. The van der Waals surface area contributed by atoms with Gasteiger partial charge in [0.25, 0.3) is 0 Å². The average Bonchev–Trinajstić information content (AvgIpc) is 2.76. The Morgan fingerprint density at radius 3 is 2.52 bits per heavy atom. The molecule has 0 amide bonds. The predicted molar refractivity (Wildman–Crippen MR) is 101 cm³/mol. The molecule has 0 aliphatic rings. The highest BCUT2D eigenvalue weighted by Gasteiger charge is 2.20. The number of aryl methyl sites for hydroxylation is 3. The Labute approximate surface area is 145 Å². The largest absolute Gasteiger partial charge is 0.465 e. The number of methoxy groups -OCH3 is 1. The first-order valence-corrected chi connectivity index (χ1v) is 8.39. The number of thiocarbonyl (C=S) groups is 1. The molecule has 0 saturated carbocycles. The molecule has 1 aromatic heterocycles. The third kappa shape index (κ3) is 3.89. The smallest absolute Gasteiger partial charge is 0.341 e. The first-order chi connectivity index (χ1) is 10.8. The van der Waals surface area contributed by atoms with Gasteiger partial charge in [0.1, 0.15) is 5.00 Å². The Hall–Kier alpha value is -1.92. The van der Waals surface area contributed by atoms with Crippen LogP contribution in [0.3, 0.4) is 0 Å². The second-order valence-corrected chi connectivity index (χ2v) is 7.01. The molecule has 0 bridgehead atoms. The lowest BCUT2D eigenvalue weighted by Crippen LogP contribution is -2.20. The Bertz CT molecular complexity index is 766. The molecule has 2 rings (SSSR count). The van der Waals surface area contributed by atoms with Crippen molar-refractivity contribution < 1.29 is 9.53 Å². The summed E-state index contributed by atoms with van der Waals surface area (Å²) < 4.78 is 4.87. The maximum absolute atomic E-state index is 12.0. The number of esters is 1. The first-order valence-electron chi connectivity index (χ1n) is 7.17. The molecule has 1 heterocycles. The molecular formula is C17H20N2O2S2. The maximum Gasteiger partial charge on any atom is 0.341 e. The van der Waals surface area contributed by atoms with Crippen LogP contribution in [0.15, 0.2) is 18.2 Å². The van der Waals surface area contributed by atoms with E-state index in [4.69, 9.17) is 17.0 Å². The van der Waals surface area contributed by atoms with Crippen LogP contribution in [0.25, 0.3) is 0 Å².